The Balaban J connectivity index is 2.13. The first-order valence-electron chi connectivity index (χ1n) is 4.58. The molecule has 0 aromatic carbocycles. The minimum Gasteiger partial charge on any atom is -0.283 e. The third kappa shape index (κ3) is 2.04. The van der Waals surface area contributed by atoms with Crippen LogP contribution >= 0.6 is 11.8 Å². The molecule has 1 saturated heterocycles. The predicted molar refractivity (Wildman–Crippen MR) is 56.2 cm³/mol. The third-order valence-electron chi connectivity index (χ3n) is 2.32. The Bertz CT molecular complexity index is 386. The molecule has 1 N–H and O–H groups in total. The predicted octanol–water partition coefficient (Wildman–Crippen LogP) is 0.320. The minimum absolute atomic E-state index is 0.114. The van der Waals surface area contributed by atoms with Crippen LogP contribution in [0.4, 0.5) is 0 Å². The van der Waals surface area contributed by atoms with E-state index < -0.39 is 0 Å². The van der Waals surface area contributed by atoms with E-state index in [9.17, 15) is 9.59 Å². The number of carbonyl (C=O) groups excluding carboxylic acids is 2. The fourth-order valence-corrected chi connectivity index (χ4v) is 2.17. The van der Waals surface area contributed by atoms with Crippen molar-refractivity contribution in [3.63, 3.8) is 0 Å². The SMILES string of the molecule is Cc1[nH]ncc1CN1C(=O)CSCC1=O. The summed E-state index contributed by atoms with van der Waals surface area (Å²) in [6, 6.07) is 0. The van der Waals surface area contributed by atoms with Crippen LogP contribution in [0.5, 0.6) is 0 Å². The topological polar surface area (TPSA) is 66.1 Å². The van der Waals surface area contributed by atoms with Crippen LogP contribution in [0.25, 0.3) is 0 Å². The molecule has 6 heteroatoms. The zero-order valence-electron chi connectivity index (χ0n) is 8.32. The quantitative estimate of drug-likeness (QED) is 0.736. The van der Waals surface area contributed by atoms with Crippen LogP contribution in [0.2, 0.25) is 0 Å². The van der Waals surface area contributed by atoms with Crippen molar-refractivity contribution in [1.29, 1.82) is 0 Å². The van der Waals surface area contributed by atoms with Gasteiger partial charge in [-0.15, -0.1) is 11.8 Å². The van der Waals surface area contributed by atoms with Crippen molar-refractivity contribution in [1.82, 2.24) is 15.1 Å². The van der Waals surface area contributed by atoms with Crippen LogP contribution < -0.4 is 0 Å². The molecular weight excluding hydrogens is 214 g/mol. The maximum absolute atomic E-state index is 11.5. The largest absolute Gasteiger partial charge is 0.283 e. The second-order valence-corrected chi connectivity index (χ2v) is 4.37. The number of aromatic nitrogens is 2. The highest BCUT2D eigenvalue weighted by atomic mass is 32.2. The molecule has 0 saturated carbocycles. The monoisotopic (exact) mass is 225 g/mol. The Morgan fingerprint density at radius 2 is 2.13 bits per heavy atom. The van der Waals surface area contributed by atoms with E-state index in [-0.39, 0.29) is 11.8 Å². The summed E-state index contributed by atoms with van der Waals surface area (Å²) in [5.41, 5.74) is 1.79. The minimum atomic E-state index is -0.114. The average Bonchev–Trinajstić information content (AvgIpc) is 2.58. The van der Waals surface area contributed by atoms with Crippen LogP contribution in [0.1, 0.15) is 11.3 Å². The summed E-state index contributed by atoms with van der Waals surface area (Å²) in [4.78, 5) is 24.3. The normalized spacial score (nSPS) is 17.3. The van der Waals surface area contributed by atoms with Gasteiger partial charge in [0.1, 0.15) is 0 Å². The summed E-state index contributed by atoms with van der Waals surface area (Å²) < 4.78 is 0. The van der Waals surface area contributed by atoms with Crippen LogP contribution in [0.3, 0.4) is 0 Å². The van der Waals surface area contributed by atoms with Gasteiger partial charge in [-0.2, -0.15) is 5.10 Å². The van der Waals surface area contributed by atoms with E-state index in [1.54, 1.807) is 6.20 Å². The summed E-state index contributed by atoms with van der Waals surface area (Å²) >= 11 is 1.37. The van der Waals surface area contributed by atoms with E-state index in [0.717, 1.165) is 11.3 Å². The van der Waals surface area contributed by atoms with E-state index in [4.69, 9.17) is 0 Å². The molecule has 1 aliphatic rings. The first kappa shape index (κ1) is 10.2. The zero-order valence-corrected chi connectivity index (χ0v) is 9.13. The van der Waals surface area contributed by atoms with Gasteiger partial charge in [0.05, 0.1) is 24.2 Å². The number of carbonyl (C=O) groups is 2. The van der Waals surface area contributed by atoms with E-state index in [1.807, 2.05) is 6.92 Å². The molecule has 0 bridgehead atoms. The van der Waals surface area contributed by atoms with E-state index >= 15 is 0 Å². The molecule has 1 fully saturated rings. The number of hydrogen-bond acceptors (Lipinski definition) is 4. The lowest BCUT2D eigenvalue weighted by atomic mass is 10.2. The van der Waals surface area contributed by atoms with Crippen molar-refractivity contribution in [2.75, 3.05) is 11.5 Å². The number of imide groups is 1. The average molecular weight is 225 g/mol. The molecule has 5 nitrogen and oxygen atoms in total. The molecular formula is C9H11N3O2S. The molecule has 1 aromatic heterocycles. The van der Waals surface area contributed by atoms with Crippen molar-refractivity contribution >= 4 is 23.6 Å². The second-order valence-electron chi connectivity index (χ2n) is 3.39. The maximum Gasteiger partial charge on any atom is 0.239 e. The number of thioether (sulfide) groups is 1. The number of aromatic amines is 1. The van der Waals surface area contributed by atoms with Gasteiger partial charge in [0.2, 0.25) is 11.8 Å². The zero-order chi connectivity index (χ0) is 10.8. The lowest BCUT2D eigenvalue weighted by Gasteiger charge is -2.24. The van der Waals surface area contributed by atoms with Gasteiger partial charge in [0, 0.05) is 11.3 Å². The van der Waals surface area contributed by atoms with E-state index in [1.165, 1.54) is 16.7 Å². The molecule has 0 radical (unpaired) electrons. The number of nitrogens with one attached hydrogen (secondary N) is 1. The fraction of sp³-hybridized carbons (Fsp3) is 0.444. The summed E-state index contributed by atoms with van der Waals surface area (Å²) in [5, 5.41) is 6.64. The van der Waals surface area contributed by atoms with Crippen molar-refractivity contribution in [3.8, 4) is 0 Å². The van der Waals surface area contributed by atoms with Gasteiger partial charge >= 0.3 is 0 Å². The van der Waals surface area contributed by atoms with Gasteiger partial charge in [-0.05, 0) is 6.92 Å². The molecule has 0 atom stereocenters. The molecule has 80 valence electrons. The summed E-state index contributed by atoms with van der Waals surface area (Å²) in [6.45, 7) is 2.20. The van der Waals surface area contributed by atoms with Gasteiger partial charge < -0.3 is 0 Å². The van der Waals surface area contributed by atoms with Crippen molar-refractivity contribution in [3.05, 3.63) is 17.5 Å². The van der Waals surface area contributed by atoms with E-state index in [2.05, 4.69) is 10.2 Å². The molecule has 0 unspecified atom stereocenters. The number of nitrogens with zero attached hydrogens (tertiary/aromatic N) is 2. The molecule has 15 heavy (non-hydrogen) atoms. The Kier molecular flexibility index (Phi) is 2.77. The Labute approximate surface area is 91.2 Å². The maximum atomic E-state index is 11.5. The van der Waals surface area contributed by atoms with Gasteiger partial charge in [0.25, 0.3) is 0 Å². The van der Waals surface area contributed by atoms with Gasteiger partial charge in [-0.25, -0.2) is 0 Å². The number of amides is 2. The Morgan fingerprint density at radius 1 is 1.47 bits per heavy atom. The number of aryl methyl sites for hydroxylation is 1. The molecule has 1 aliphatic heterocycles. The summed E-state index contributed by atoms with van der Waals surface area (Å²) in [7, 11) is 0. The standard InChI is InChI=1S/C9H11N3O2S/c1-6-7(2-10-11-6)3-12-8(13)4-15-5-9(12)14/h2H,3-5H2,1H3,(H,10,11). The van der Waals surface area contributed by atoms with Gasteiger partial charge in [-0.3, -0.25) is 19.6 Å². The molecule has 2 rings (SSSR count). The highest BCUT2D eigenvalue weighted by Crippen LogP contribution is 2.16. The van der Waals surface area contributed by atoms with Crippen molar-refractivity contribution in [2.45, 2.75) is 13.5 Å². The van der Waals surface area contributed by atoms with E-state index in [0.29, 0.717) is 18.1 Å². The van der Waals surface area contributed by atoms with Gasteiger partial charge in [0.15, 0.2) is 0 Å². The van der Waals surface area contributed by atoms with Gasteiger partial charge in [-0.1, -0.05) is 0 Å². The second kappa shape index (κ2) is 4.06. The van der Waals surface area contributed by atoms with Crippen LogP contribution in [0.15, 0.2) is 6.20 Å². The lowest BCUT2D eigenvalue weighted by Crippen LogP contribution is -2.42. The summed E-state index contributed by atoms with van der Waals surface area (Å²) in [5.74, 6) is 0.555. The smallest absolute Gasteiger partial charge is 0.239 e. The first-order chi connectivity index (χ1) is 7.18. The van der Waals surface area contributed by atoms with Crippen LogP contribution in [-0.2, 0) is 16.1 Å². The Hall–Kier alpha value is -1.30. The van der Waals surface area contributed by atoms with Crippen LogP contribution in [-0.4, -0.2) is 38.4 Å². The highest BCUT2D eigenvalue weighted by Gasteiger charge is 2.26. The third-order valence-corrected chi connectivity index (χ3v) is 3.22. The lowest BCUT2D eigenvalue weighted by molar-refractivity contribution is -0.142. The Morgan fingerprint density at radius 3 is 2.67 bits per heavy atom. The van der Waals surface area contributed by atoms with Crippen LogP contribution in [0, 0.1) is 6.92 Å². The molecule has 1 aromatic rings. The number of rotatable bonds is 2. The van der Waals surface area contributed by atoms with Crippen molar-refractivity contribution in [2.24, 2.45) is 0 Å². The molecule has 2 heterocycles. The number of H-pyrrole nitrogens is 1. The molecule has 0 aliphatic carbocycles. The molecule has 2 amide bonds. The highest BCUT2D eigenvalue weighted by molar-refractivity contribution is 8.00. The van der Waals surface area contributed by atoms with Crippen molar-refractivity contribution < 1.29 is 9.59 Å². The first-order valence-corrected chi connectivity index (χ1v) is 5.73. The number of hydrogen-bond donors (Lipinski definition) is 1. The fourth-order valence-electron chi connectivity index (χ4n) is 1.40. The summed E-state index contributed by atoms with van der Waals surface area (Å²) in [6.07, 6.45) is 1.65. The molecule has 0 spiro atoms.